The monoisotopic (exact) mass is 238 g/mol. The molecule has 2 aromatic heterocycles. The minimum atomic E-state index is -1.22. The average molecular weight is 238 g/mol. The van der Waals surface area contributed by atoms with Crippen LogP contribution in [-0.4, -0.2) is 33.6 Å². The normalized spacial score (nSPS) is 12.6. The molecule has 0 saturated heterocycles. The molecule has 2 aromatic rings. The number of hydrogen-bond donors (Lipinski definition) is 3. The summed E-state index contributed by atoms with van der Waals surface area (Å²) in [5.41, 5.74) is 4.93. The molecule has 0 spiro atoms. The van der Waals surface area contributed by atoms with E-state index in [2.05, 4.69) is 15.3 Å². The molecule has 4 N–H and O–H groups in total. The predicted octanol–water partition coefficient (Wildman–Crippen LogP) is -0.0506. The van der Waals surface area contributed by atoms with E-state index in [0.29, 0.717) is 5.82 Å². The minimum Gasteiger partial charge on any atom is -0.381 e. The van der Waals surface area contributed by atoms with Gasteiger partial charge in [-0.3, -0.25) is 4.79 Å². The van der Waals surface area contributed by atoms with Crippen molar-refractivity contribution in [2.75, 3.05) is 11.9 Å². The number of nitrogens with two attached hydrogens (primary N) is 1. The third kappa shape index (κ3) is 2.10. The first-order valence-corrected chi connectivity index (χ1v) is 5.46. The standard InChI is InChI=1S/C9H10N4O2S/c10-7(15)6(14)3-11-8-5-1-2-16-9(5)13-4-12-8/h1-2,4,6,14H,3H2,(H2,10,15)(H,11,12,13). The first-order chi connectivity index (χ1) is 7.68. The maximum absolute atomic E-state index is 10.6. The highest BCUT2D eigenvalue weighted by Gasteiger charge is 2.11. The SMILES string of the molecule is NC(=O)C(O)CNc1ncnc2sccc12. The molecule has 0 saturated carbocycles. The third-order valence-electron chi connectivity index (χ3n) is 2.05. The first kappa shape index (κ1) is 10.8. The van der Waals surface area contributed by atoms with Crippen molar-refractivity contribution in [2.24, 2.45) is 5.73 Å². The van der Waals surface area contributed by atoms with Gasteiger partial charge in [-0.25, -0.2) is 9.97 Å². The number of anilines is 1. The number of primary amides is 1. The number of aliphatic hydroxyl groups is 1. The van der Waals surface area contributed by atoms with E-state index in [4.69, 9.17) is 5.73 Å². The number of carbonyl (C=O) groups is 1. The molecule has 1 unspecified atom stereocenters. The van der Waals surface area contributed by atoms with Gasteiger partial charge >= 0.3 is 0 Å². The van der Waals surface area contributed by atoms with Crippen LogP contribution in [0.25, 0.3) is 10.2 Å². The number of carbonyl (C=O) groups excluding carboxylic acids is 1. The average Bonchev–Trinajstić information content (AvgIpc) is 2.73. The van der Waals surface area contributed by atoms with Crippen LogP contribution in [0.15, 0.2) is 17.8 Å². The van der Waals surface area contributed by atoms with E-state index in [1.165, 1.54) is 17.7 Å². The van der Waals surface area contributed by atoms with E-state index >= 15 is 0 Å². The van der Waals surface area contributed by atoms with Crippen LogP contribution in [0.5, 0.6) is 0 Å². The van der Waals surface area contributed by atoms with Crippen molar-refractivity contribution in [1.29, 1.82) is 0 Å². The van der Waals surface area contributed by atoms with Gasteiger partial charge in [-0.2, -0.15) is 0 Å². The second-order valence-corrected chi connectivity index (χ2v) is 4.06. The molecule has 0 bridgehead atoms. The molecule has 0 aliphatic heterocycles. The first-order valence-electron chi connectivity index (χ1n) is 4.58. The van der Waals surface area contributed by atoms with Crippen molar-refractivity contribution in [3.63, 3.8) is 0 Å². The molecular weight excluding hydrogens is 228 g/mol. The Kier molecular flexibility index (Phi) is 2.97. The quantitative estimate of drug-likeness (QED) is 0.693. The van der Waals surface area contributed by atoms with Crippen LogP contribution in [-0.2, 0) is 4.79 Å². The van der Waals surface area contributed by atoms with Crippen LogP contribution in [0, 0.1) is 0 Å². The van der Waals surface area contributed by atoms with Gasteiger partial charge in [-0.1, -0.05) is 0 Å². The highest BCUT2D eigenvalue weighted by Crippen LogP contribution is 2.23. The van der Waals surface area contributed by atoms with Crippen molar-refractivity contribution in [3.8, 4) is 0 Å². The van der Waals surface area contributed by atoms with Crippen LogP contribution >= 0.6 is 11.3 Å². The zero-order valence-corrected chi connectivity index (χ0v) is 9.07. The molecular formula is C9H10N4O2S. The zero-order valence-electron chi connectivity index (χ0n) is 8.25. The molecule has 0 aliphatic rings. The maximum Gasteiger partial charge on any atom is 0.248 e. The highest BCUT2D eigenvalue weighted by molar-refractivity contribution is 7.16. The van der Waals surface area contributed by atoms with Crippen molar-refractivity contribution in [3.05, 3.63) is 17.8 Å². The lowest BCUT2D eigenvalue weighted by molar-refractivity contribution is -0.125. The van der Waals surface area contributed by atoms with E-state index in [1.807, 2.05) is 11.4 Å². The van der Waals surface area contributed by atoms with Crippen molar-refractivity contribution >= 4 is 33.3 Å². The Morgan fingerprint density at radius 2 is 2.44 bits per heavy atom. The largest absolute Gasteiger partial charge is 0.381 e. The molecule has 2 heterocycles. The van der Waals surface area contributed by atoms with E-state index in [1.54, 1.807) is 0 Å². The number of rotatable bonds is 4. The summed E-state index contributed by atoms with van der Waals surface area (Å²) in [6, 6.07) is 1.87. The fourth-order valence-corrected chi connectivity index (χ4v) is 1.96. The number of thiophene rings is 1. The molecule has 0 radical (unpaired) electrons. The summed E-state index contributed by atoms with van der Waals surface area (Å²) in [5, 5.41) is 14.9. The third-order valence-corrected chi connectivity index (χ3v) is 2.87. The van der Waals surface area contributed by atoms with Crippen molar-refractivity contribution < 1.29 is 9.90 Å². The smallest absolute Gasteiger partial charge is 0.248 e. The molecule has 1 amide bonds. The Morgan fingerprint density at radius 3 is 3.19 bits per heavy atom. The van der Waals surface area contributed by atoms with Crippen molar-refractivity contribution in [1.82, 2.24) is 9.97 Å². The van der Waals surface area contributed by atoms with Crippen LogP contribution in [0.1, 0.15) is 0 Å². The lowest BCUT2D eigenvalue weighted by atomic mass is 10.3. The summed E-state index contributed by atoms with van der Waals surface area (Å²) in [7, 11) is 0. The minimum absolute atomic E-state index is 0.0390. The molecule has 7 heteroatoms. The molecule has 0 aromatic carbocycles. The Labute approximate surface area is 95.1 Å². The van der Waals surface area contributed by atoms with Crippen LogP contribution in [0.4, 0.5) is 5.82 Å². The van der Waals surface area contributed by atoms with Gasteiger partial charge in [0, 0.05) is 0 Å². The van der Waals surface area contributed by atoms with Gasteiger partial charge in [-0.05, 0) is 11.4 Å². The lowest BCUT2D eigenvalue weighted by Gasteiger charge is -2.09. The Balaban J connectivity index is 2.15. The van der Waals surface area contributed by atoms with Crippen LogP contribution in [0.2, 0.25) is 0 Å². The van der Waals surface area contributed by atoms with Crippen molar-refractivity contribution in [2.45, 2.75) is 6.10 Å². The number of hydrogen-bond acceptors (Lipinski definition) is 6. The summed E-state index contributed by atoms with van der Waals surface area (Å²) in [5.74, 6) is -0.172. The van der Waals surface area contributed by atoms with Gasteiger partial charge in [0.1, 0.15) is 23.1 Å². The molecule has 0 aliphatic carbocycles. The second kappa shape index (κ2) is 4.42. The van der Waals surface area contributed by atoms with Gasteiger partial charge in [0.05, 0.1) is 11.9 Å². The van der Waals surface area contributed by atoms with Gasteiger partial charge < -0.3 is 16.2 Å². The summed E-state index contributed by atoms with van der Waals surface area (Å²) < 4.78 is 0. The molecule has 1 atom stereocenters. The zero-order chi connectivity index (χ0) is 11.5. The Morgan fingerprint density at radius 1 is 1.62 bits per heavy atom. The molecule has 16 heavy (non-hydrogen) atoms. The van der Waals surface area contributed by atoms with Crippen LogP contribution < -0.4 is 11.1 Å². The highest BCUT2D eigenvalue weighted by atomic mass is 32.1. The predicted molar refractivity (Wildman–Crippen MR) is 61.1 cm³/mol. The van der Waals surface area contributed by atoms with E-state index in [9.17, 15) is 9.90 Å². The second-order valence-electron chi connectivity index (χ2n) is 3.16. The number of nitrogens with zero attached hydrogens (tertiary/aromatic N) is 2. The van der Waals surface area contributed by atoms with Gasteiger partial charge in [-0.15, -0.1) is 11.3 Å². The topological polar surface area (TPSA) is 101 Å². The number of aliphatic hydroxyl groups excluding tert-OH is 1. The summed E-state index contributed by atoms with van der Waals surface area (Å²) in [6.07, 6.45) is 0.210. The van der Waals surface area contributed by atoms with E-state index in [0.717, 1.165) is 10.2 Å². The van der Waals surface area contributed by atoms with Gasteiger partial charge in [0.2, 0.25) is 5.91 Å². The Bertz CT molecular complexity index is 513. The fraction of sp³-hybridized carbons (Fsp3) is 0.222. The number of fused-ring (bicyclic) bond motifs is 1. The number of aromatic nitrogens is 2. The summed E-state index contributed by atoms with van der Waals surface area (Å²) in [6.45, 7) is 0.0390. The maximum atomic E-state index is 10.6. The fourth-order valence-electron chi connectivity index (χ4n) is 1.22. The molecule has 84 valence electrons. The summed E-state index contributed by atoms with van der Waals surface area (Å²) >= 11 is 1.50. The summed E-state index contributed by atoms with van der Waals surface area (Å²) in [4.78, 5) is 19.6. The molecule has 0 fully saturated rings. The van der Waals surface area contributed by atoms with Gasteiger partial charge in [0.15, 0.2) is 0 Å². The Hall–Kier alpha value is -1.73. The number of amides is 1. The van der Waals surface area contributed by atoms with Crippen LogP contribution in [0.3, 0.4) is 0 Å². The van der Waals surface area contributed by atoms with E-state index < -0.39 is 12.0 Å². The molecule has 2 rings (SSSR count). The lowest BCUT2D eigenvalue weighted by Crippen LogP contribution is -2.34. The van der Waals surface area contributed by atoms with Gasteiger partial charge in [0.25, 0.3) is 0 Å². The molecule has 6 nitrogen and oxygen atoms in total. The number of nitrogens with one attached hydrogen (secondary N) is 1. The van der Waals surface area contributed by atoms with E-state index in [-0.39, 0.29) is 6.54 Å².